The van der Waals surface area contributed by atoms with Crippen LogP contribution in [0.5, 0.6) is 0 Å². The third-order valence-electron chi connectivity index (χ3n) is 4.09. The van der Waals surface area contributed by atoms with Crippen molar-refractivity contribution >= 4 is 26.7 Å². The summed E-state index contributed by atoms with van der Waals surface area (Å²) in [7, 11) is 0. The number of aryl methyl sites for hydroxylation is 3. The Labute approximate surface area is 134 Å². The molecule has 3 aromatic rings. The minimum atomic E-state index is 1.00. The first-order valence-electron chi connectivity index (χ1n) is 7.28. The predicted octanol–water partition coefficient (Wildman–Crippen LogP) is 6.12. The van der Waals surface area contributed by atoms with Gasteiger partial charge in [0.25, 0.3) is 0 Å². The molecular formula is C20H19Br. The molecule has 0 saturated heterocycles. The van der Waals surface area contributed by atoms with Crippen LogP contribution in [0.2, 0.25) is 0 Å². The fraction of sp³-hybridized carbons (Fsp3) is 0.200. The summed E-state index contributed by atoms with van der Waals surface area (Å²) in [4.78, 5) is 0. The Morgan fingerprint density at radius 1 is 0.762 bits per heavy atom. The van der Waals surface area contributed by atoms with Crippen molar-refractivity contribution < 1.29 is 0 Å². The van der Waals surface area contributed by atoms with Crippen molar-refractivity contribution in [3.8, 4) is 0 Å². The van der Waals surface area contributed by atoms with Crippen LogP contribution in [0.15, 0.2) is 53.0 Å². The van der Waals surface area contributed by atoms with Crippen molar-refractivity contribution in [3.63, 3.8) is 0 Å². The van der Waals surface area contributed by atoms with Crippen LogP contribution in [-0.2, 0) is 6.42 Å². The van der Waals surface area contributed by atoms with E-state index in [9.17, 15) is 0 Å². The highest BCUT2D eigenvalue weighted by atomic mass is 79.9. The molecule has 0 unspecified atom stereocenters. The maximum atomic E-state index is 3.53. The molecule has 21 heavy (non-hydrogen) atoms. The Morgan fingerprint density at radius 2 is 1.38 bits per heavy atom. The summed E-state index contributed by atoms with van der Waals surface area (Å²) >= 11 is 3.53. The first-order chi connectivity index (χ1) is 10.0. The van der Waals surface area contributed by atoms with Crippen molar-refractivity contribution in [1.82, 2.24) is 0 Å². The molecule has 0 heterocycles. The fourth-order valence-corrected chi connectivity index (χ4v) is 3.45. The van der Waals surface area contributed by atoms with Crippen molar-refractivity contribution in [2.45, 2.75) is 27.2 Å². The topological polar surface area (TPSA) is 0 Å². The van der Waals surface area contributed by atoms with E-state index in [1.54, 1.807) is 0 Å². The number of hydrogen-bond acceptors (Lipinski definition) is 0. The van der Waals surface area contributed by atoms with E-state index in [0.717, 1.165) is 10.9 Å². The highest BCUT2D eigenvalue weighted by molar-refractivity contribution is 9.10. The second-order valence-electron chi connectivity index (χ2n) is 5.88. The summed E-state index contributed by atoms with van der Waals surface area (Å²) in [5.74, 6) is 0. The van der Waals surface area contributed by atoms with E-state index in [2.05, 4.69) is 85.2 Å². The fourth-order valence-electron chi connectivity index (χ4n) is 3.07. The van der Waals surface area contributed by atoms with Crippen LogP contribution in [0.1, 0.15) is 27.8 Å². The number of fused-ring (bicyclic) bond motifs is 1. The number of hydrogen-bond donors (Lipinski definition) is 0. The van der Waals surface area contributed by atoms with Gasteiger partial charge in [0.05, 0.1) is 0 Å². The van der Waals surface area contributed by atoms with Crippen LogP contribution in [0.3, 0.4) is 0 Å². The lowest BCUT2D eigenvalue weighted by Gasteiger charge is -2.12. The van der Waals surface area contributed by atoms with Gasteiger partial charge < -0.3 is 0 Å². The van der Waals surface area contributed by atoms with Gasteiger partial charge in [0.1, 0.15) is 0 Å². The highest BCUT2D eigenvalue weighted by Crippen LogP contribution is 2.24. The lowest BCUT2D eigenvalue weighted by atomic mass is 9.93. The summed E-state index contributed by atoms with van der Waals surface area (Å²) in [5, 5.41) is 2.59. The van der Waals surface area contributed by atoms with Crippen molar-refractivity contribution in [2.24, 2.45) is 0 Å². The number of halogens is 1. The molecule has 0 fully saturated rings. The van der Waals surface area contributed by atoms with Crippen molar-refractivity contribution in [1.29, 1.82) is 0 Å². The molecule has 0 radical (unpaired) electrons. The Morgan fingerprint density at radius 3 is 2.10 bits per heavy atom. The van der Waals surface area contributed by atoms with Gasteiger partial charge in [-0.15, -0.1) is 0 Å². The summed E-state index contributed by atoms with van der Waals surface area (Å²) in [6.07, 6.45) is 1.00. The molecule has 3 aromatic carbocycles. The molecule has 0 aliphatic rings. The highest BCUT2D eigenvalue weighted by Gasteiger charge is 2.06. The van der Waals surface area contributed by atoms with Crippen LogP contribution < -0.4 is 0 Å². The van der Waals surface area contributed by atoms with E-state index in [0.29, 0.717) is 0 Å². The summed E-state index contributed by atoms with van der Waals surface area (Å²) in [6, 6.07) is 17.8. The minimum Gasteiger partial charge on any atom is -0.0581 e. The predicted molar refractivity (Wildman–Crippen MR) is 95.1 cm³/mol. The van der Waals surface area contributed by atoms with Gasteiger partial charge in [-0.1, -0.05) is 57.9 Å². The van der Waals surface area contributed by atoms with E-state index in [1.807, 2.05) is 0 Å². The Balaban J connectivity index is 2.00. The quantitative estimate of drug-likeness (QED) is 0.528. The zero-order valence-electron chi connectivity index (χ0n) is 12.7. The third kappa shape index (κ3) is 3.03. The lowest BCUT2D eigenvalue weighted by molar-refractivity contribution is 1.11. The second kappa shape index (κ2) is 5.65. The van der Waals surface area contributed by atoms with E-state index in [1.165, 1.54) is 38.6 Å². The maximum absolute atomic E-state index is 3.53. The van der Waals surface area contributed by atoms with Crippen LogP contribution in [0.25, 0.3) is 10.8 Å². The molecule has 0 bridgehead atoms. The molecule has 0 spiro atoms. The van der Waals surface area contributed by atoms with Crippen LogP contribution in [-0.4, -0.2) is 0 Å². The molecule has 0 amide bonds. The third-order valence-corrected chi connectivity index (χ3v) is 4.58. The number of rotatable bonds is 2. The summed E-state index contributed by atoms with van der Waals surface area (Å²) in [5.41, 5.74) is 6.96. The molecule has 0 N–H and O–H groups in total. The van der Waals surface area contributed by atoms with Crippen molar-refractivity contribution in [2.75, 3.05) is 0 Å². The van der Waals surface area contributed by atoms with Crippen LogP contribution in [0.4, 0.5) is 0 Å². The molecule has 3 rings (SSSR count). The average molecular weight is 339 g/mol. The summed E-state index contributed by atoms with van der Waals surface area (Å²) in [6.45, 7) is 6.60. The average Bonchev–Trinajstić information content (AvgIpc) is 2.43. The van der Waals surface area contributed by atoms with Gasteiger partial charge >= 0.3 is 0 Å². The van der Waals surface area contributed by atoms with Crippen LogP contribution in [0, 0.1) is 20.8 Å². The summed E-state index contributed by atoms with van der Waals surface area (Å²) < 4.78 is 1.13. The van der Waals surface area contributed by atoms with Gasteiger partial charge in [0.15, 0.2) is 0 Å². The lowest BCUT2D eigenvalue weighted by Crippen LogP contribution is -1.96. The van der Waals surface area contributed by atoms with E-state index < -0.39 is 0 Å². The Kier molecular flexibility index (Phi) is 3.86. The van der Waals surface area contributed by atoms with Gasteiger partial charge in [-0.3, -0.25) is 0 Å². The monoisotopic (exact) mass is 338 g/mol. The van der Waals surface area contributed by atoms with E-state index >= 15 is 0 Å². The Hall–Kier alpha value is -1.60. The van der Waals surface area contributed by atoms with Crippen molar-refractivity contribution in [3.05, 3.63) is 80.8 Å². The molecule has 0 atom stereocenters. The van der Waals surface area contributed by atoms with E-state index in [-0.39, 0.29) is 0 Å². The molecular weight excluding hydrogens is 320 g/mol. The largest absolute Gasteiger partial charge is 0.0581 e. The van der Waals surface area contributed by atoms with Gasteiger partial charge in [0.2, 0.25) is 0 Å². The van der Waals surface area contributed by atoms with Gasteiger partial charge in [-0.05, 0) is 72.4 Å². The van der Waals surface area contributed by atoms with Crippen LogP contribution >= 0.6 is 15.9 Å². The smallest absolute Gasteiger partial charge is 0.0181 e. The molecule has 0 aliphatic heterocycles. The standard InChI is InChI=1S/C20H19Br/c1-13-8-14(2)20(15(3)9-13)11-16-4-5-18-12-19(21)7-6-17(18)10-16/h4-10,12H,11H2,1-3H3. The molecule has 0 nitrogen and oxygen atoms in total. The molecule has 0 aliphatic carbocycles. The second-order valence-corrected chi connectivity index (χ2v) is 6.80. The first kappa shape index (κ1) is 14.3. The zero-order valence-corrected chi connectivity index (χ0v) is 14.3. The van der Waals surface area contributed by atoms with E-state index in [4.69, 9.17) is 0 Å². The maximum Gasteiger partial charge on any atom is 0.0181 e. The normalized spacial score (nSPS) is 11.0. The van der Waals surface area contributed by atoms with Gasteiger partial charge in [-0.2, -0.15) is 0 Å². The Bertz CT molecular complexity index is 792. The first-order valence-corrected chi connectivity index (χ1v) is 8.07. The molecule has 1 heteroatoms. The molecule has 0 aromatic heterocycles. The molecule has 106 valence electrons. The van der Waals surface area contributed by atoms with Gasteiger partial charge in [-0.25, -0.2) is 0 Å². The molecule has 0 saturated carbocycles. The SMILES string of the molecule is Cc1cc(C)c(Cc2ccc3cc(Br)ccc3c2)c(C)c1. The van der Waals surface area contributed by atoms with Gasteiger partial charge in [0, 0.05) is 4.47 Å². The number of benzene rings is 3. The zero-order chi connectivity index (χ0) is 15.0. The minimum absolute atomic E-state index is 1.00.